The van der Waals surface area contributed by atoms with Crippen molar-refractivity contribution in [3.8, 4) is 11.7 Å². The van der Waals surface area contributed by atoms with Crippen LogP contribution < -0.4 is 5.32 Å². The minimum absolute atomic E-state index is 0.0989. The SMILES string of the molecule is C[C@H](NC(=O)CSc1nnc(-c2ccco2)o1)c1cccc2ccccc12. The predicted molar refractivity (Wildman–Crippen MR) is 103 cm³/mol. The molecular weight excluding hydrogens is 362 g/mol. The van der Waals surface area contributed by atoms with Gasteiger partial charge < -0.3 is 14.2 Å². The topological polar surface area (TPSA) is 81.2 Å². The standard InChI is InChI=1S/C20H17N3O3S/c1-13(15-9-4-7-14-6-2-3-8-16(14)15)21-18(24)12-27-20-23-22-19(26-20)17-10-5-11-25-17/h2-11,13H,12H2,1H3,(H,21,24)/t13-/m0/s1. The van der Waals surface area contributed by atoms with Gasteiger partial charge in [0.15, 0.2) is 5.76 Å². The Hall–Kier alpha value is -3.06. The van der Waals surface area contributed by atoms with Crippen LogP contribution in [0.2, 0.25) is 0 Å². The largest absolute Gasteiger partial charge is 0.459 e. The van der Waals surface area contributed by atoms with Crippen molar-refractivity contribution < 1.29 is 13.6 Å². The van der Waals surface area contributed by atoms with Crippen molar-refractivity contribution in [3.63, 3.8) is 0 Å². The van der Waals surface area contributed by atoms with E-state index in [1.807, 2.05) is 31.2 Å². The molecule has 1 amide bonds. The van der Waals surface area contributed by atoms with Crippen molar-refractivity contribution in [2.24, 2.45) is 0 Å². The van der Waals surface area contributed by atoms with Crippen LogP contribution in [0.15, 0.2) is 74.9 Å². The van der Waals surface area contributed by atoms with Crippen LogP contribution in [0.1, 0.15) is 18.5 Å². The number of benzene rings is 2. The van der Waals surface area contributed by atoms with Gasteiger partial charge in [0.1, 0.15) is 0 Å². The Morgan fingerprint density at radius 1 is 1.11 bits per heavy atom. The number of amides is 1. The molecule has 0 saturated heterocycles. The van der Waals surface area contributed by atoms with E-state index in [-0.39, 0.29) is 17.7 Å². The van der Waals surface area contributed by atoms with E-state index in [0.717, 1.165) is 16.3 Å². The van der Waals surface area contributed by atoms with E-state index < -0.39 is 0 Å². The Bertz CT molecular complexity index is 1050. The minimum atomic E-state index is -0.106. The first kappa shape index (κ1) is 17.4. The second-order valence-electron chi connectivity index (χ2n) is 6.00. The fraction of sp³-hybridized carbons (Fsp3) is 0.150. The van der Waals surface area contributed by atoms with E-state index in [0.29, 0.717) is 16.9 Å². The van der Waals surface area contributed by atoms with Crippen LogP contribution in [0.5, 0.6) is 0 Å². The summed E-state index contributed by atoms with van der Waals surface area (Å²) in [5, 5.41) is 13.5. The normalized spacial score (nSPS) is 12.2. The van der Waals surface area contributed by atoms with E-state index >= 15 is 0 Å². The fourth-order valence-corrected chi connectivity index (χ4v) is 3.46. The molecule has 0 saturated carbocycles. The van der Waals surface area contributed by atoms with Crippen molar-refractivity contribution in [3.05, 3.63) is 66.4 Å². The van der Waals surface area contributed by atoms with Gasteiger partial charge in [0.05, 0.1) is 18.1 Å². The first-order valence-electron chi connectivity index (χ1n) is 8.48. The quantitative estimate of drug-likeness (QED) is 0.499. The van der Waals surface area contributed by atoms with E-state index in [2.05, 4.69) is 33.7 Å². The van der Waals surface area contributed by atoms with Gasteiger partial charge in [-0.05, 0) is 35.4 Å². The lowest BCUT2D eigenvalue weighted by molar-refractivity contribution is -0.119. The summed E-state index contributed by atoms with van der Waals surface area (Å²) in [4.78, 5) is 12.3. The van der Waals surface area contributed by atoms with Gasteiger partial charge >= 0.3 is 0 Å². The Morgan fingerprint density at radius 3 is 2.81 bits per heavy atom. The van der Waals surface area contributed by atoms with Gasteiger partial charge in [0.2, 0.25) is 5.91 Å². The van der Waals surface area contributed by atoms with Crippen molar-refractivity contribution >= 4 is 28.4 Å². The molecule has 1 atom stereocenters. The van der Waals surface area contributed by atoms with Gasteiger partial charge in [0.25, 0.3) is 11.1 Å². The summed E-state index contributed by atoms with van der Waals surface area (Å²) in [6.45, 7) is 1.98. The Labute approximate surface area is 160 Å². The third kappa shape index (κ3) is 3.88. The highest BCUT2D eigenvalue weighted by Gasteiger charge is 2.15. The van der Waals surface area contributed by atoms with Gasteiger partial charge in [-0.25, -0.2) is 0 Å². The number of rotatable bonds is 6. The fourth-order valence-electron chi connectivity index (χ4n) is 2.88. The lowest BCUT2D eigenvalue weighted by Crippen LogP contribution is -2.28. The molecule has 4 aromatic rings. The molecule has 2 heterocycles. The summed E-state index contributed by atoms with van der Waals surface area (Å²) in [5.41, 5.74) is 1.09. The van der Waals surface area contributed by atoms with Crippen LogP contribution in [0, 0.1) is 0 Å². The minimum Gasteiger partial charge on any atom is -0.459 e. The Morgan fingerprint density at radius 2 is 1.96 bits per heavy atom. The number of carbonyl (C=O) groups excluding carboxylic acids is 1. The summed E-state index contributed by atoms with van der Waals surface area (Å²) in [5.74, 6) is 0.892. The maximum Gasteiger partial charge on any atom is 0.284 e. The number of nitrogens with zero attached hydrogens (tertiary/aromatic N) is 2. The molecule has 4 rings (SSSR count). The third-order valence-corrected chi connectivity index (χ3v) is 4.95. The van der Waals surface area contributed by atoms with E-state index in [1.165, 1.54) is 18.0 Å². The van der Waals surface area contributed by atoms with Crippen molar-refractivity contribution in [1.82, 2.24) is 15.5 Å². The number of furan rings is 1. The molecule has 136 valence electrons. The number of hydrogen-bond acceptors (Lipinski definition) is 6. The number of nitrogens with one attached hydrogen (secondary N) is 1. The number of thioether (sulfide) groups is 1. The molecule has 0 spiro atoms. The zero-order valence-corrected chi connectivity index (χ0v) is 15.4. The average molecular weight is 379 g/mol. The number of carbonyl (C=O) groups is 1. The molecule has 2 aromatic carbocycles. The highest BCUT2D eigenvalue weighted by Crippen LogP contribution is 2.25. The second-order valence-corrected chi connectivity index (χ2v) is 6.92. The van der Waals surface area contributed by atoms with Crippen LogP contribution >= 0.6 is 11.8 Å². The monoisotopic (exact) mass is 379 g/mol. The summed E-state index contributed by atoms with van der Waals surface area (Å²) in [6.07, 6.45) is 1.54. The maximum absolute atomic E-state index is 12.3. The first-order chi connectivity index (χ1) is 13.2. The number of aromatic nitrogens is 2. The van der Waals surface area contributed by atoms with Crippen molar-refractivity contribution in [2.75, 3.05) is 5.75 Å². The third-order valence-electron chi connectivity index (χ3n) is 4.13. The van der Waals surface area contributed by atoms with Crippen molar-refractivity contribution in [1.29, 1.82) is 0 Å². The van der Waals surface area contributed by atoms with Gasteiger partial charge in [-0.1, -0.05) is 54.2 Å². The molecular formula is C20H17N3O3S. The molecule has 0 unspecified atom stereocenters. The second kappa shape index (κ2) is 7.67. The maximum atomic E-state index is 12.3. The highest BCUT2D eigenvalue weighted by molar-refractivity contribution is 7.99. The Kier molecular flexibility index (Phi) is 4.93. The van der Waals surface area contributed by atoms with Gasteiger partial charge in [-0.3, -0.25) is 4.79 Å². The number of fused-ring (bicyclic) bond motifs is 1. The molecule has 2 aromatic heterocycles. The smallest absolute Gasteiger partial charge is 0.284 e. The van der Waals surface area contributed by atoms with Gasteiger partial charge in [-0.2, -0.15) is 0 Å². The van der Waals surface area contributed by atoms with Crippen LogP contribution in [-0.4, -0.2) is 21.9 Å². The van der Waals surface area contributed by atoms with Crippen molar-refractivity contribution in [2.45, 2.75) is 18.2 Å². The average Bonchev–Trinajstić information content (AvgIpc) is 3.37. The molecule has 0 aliphatic heterocycles. The summed E-state index contributed by atoms with van der Waals surface area (Å²) < 4.78 is 10.7. The number of hydrogen-bond donors (Lipinski definition) is 1. The molecule has 0 fully saturated rings. The Balaban J connectivity index is 1.38. The molecule has 7 heteroatoms. The lowest BCUT2D eigenvalue weighted by atomic mass is 10.00. The molecule has 0 radical (unpaired) electrons. The van der Waals surface area contributed by atoms with E-state index in [4.69, 9.17) is 8.83 Å². The molecule has 0 aliphatic carbocycles. The molecule has 27 heavy (non-hydrogen) atoms. The van der Waals surface area contributed by atoms with Crippen LogP contribution in [-0.2, 0) is 4.79 Å². The zero-order chi connectivity index (χ0) is 18.6. The summed E-state index contributed by atoms with van der Waals surface area (Å²) in [7, 11) is 0. The first-order valence-corrected chi connectivity index (χ1v) is 9.46. The van der Waals surface area contributed by atoms with Gasteiger partial charge in [-0.15, -0.1) is 10.2 Å². The van der Waals surface area contributed by atoms with E-state index in [1.54, 1.807) is 12.1 Å². The van der Waals surface area contributed by atoms with Crippen LogP contribution in [0.4, 0.5) is 0 Å². The molecule has 6 nitrogen and oxygen atoms in total. The lowest BCUT2D eigenvalue weighted by Gasteiger charge is -2.16. The van der Waals surface area contributed by atoms with Crippen LogP contribution in [0.3, 0.4) is 0 Å². The predicted octanol–water partition coefficient (Wildman–Crippen LogP) is 4.45. The molecule has 0 aliphatic rings. The van der Waals surface area contributed by atoms with Gasteiger partial charge in [0, 0.05) is 0 Å². The summed E-state index contributed by atoms with van der Waals surface area (Å²) in [6, 6.07) is 17.6. The van der Waals surface area contributed by atoms with Crippen LogP contribution in [0.25, 0.3) is 22.4 Å². The van der Waals surface area contributed by atoms with E-state index in [9.17, 15) is 4.79 Å². The zero-order valence-electron chi connectivity index (χ0n) is 14.6. The molecule has 0 bridgehead atoms. The highest BCUT2D eigenvalue weighted by atomic mass is 32.2. The molecule has 1 N–H and O–H groups in total. The summed E-state index contributed by atoms with van der Waals surface area (Å²) >= 11 is 1.19.